The molecule has 3 aromatic rings. The monoisotopic (exact) mass is 380 g/mol. The fraction of sp³-hybridized carbons (Fsp3) is 0.185. The van der Waals surface area contributed by atoms with E-state index >= 15 is 0 Å². The third-order valence-corrected chi connectivity index (χ3v) is 11.0. The van der Waals surface area contributed by atoms with Gasteiger partial charge in [-0.15, -0.1) is 0 Å². The smallest absolute Gasteiger partial charge is 0.0790 e. The van der Waals surface area contributed by atoms with Gasteiger partial charge in [-0.1, -0.05) is 130 Å². The molecule has 140 valence electrons. The lowest BCUT2D eigenvalue weighted by molar-refractivity contribution is 0.518. The number of rotatable bonds is 4. The van der Waals surface area contributed by atoms with E-state index in [2.05, 4.69) is 130 Å². The molecule has 0 saturated carbocycles. The van der Waals surface area contributed by atoms with Crippen LogP contribution in [0.5, 0.6) is 0 Å². The van der Waals surface area contributed by atoms with Crippen LogP contribution < -0.4 is 15.6 Å². The molecule has 0 nitrogen and oxygen atoms in total. The second-order valence-corrected chi connectivity index (χ2v) is 12.7. The predicted molar refractivity (Wildman–Crippen MR) is 124 cm³/mol. The summed E-state index contributed by atoms with van der Waals surface area (Å²) in [6, 6.07) is 33.5. The first-order valence-electron chi connectivity index (χ1n) is 10.1. The van der Waals surface area contributed by atoms with E-state index in [0.717, 1.165) is 0 Å². The van der Waals surface area contributed by atoms with E-state index < -0.39 is 8.07 Å². The van der Waals surface area contributed by atoms with Gasteiger partial charge in [-0.25, -0.2) is 0 Å². The topological polar surface area (TPSA) is 0 Å². The average Bonchev–Trinajstić information content (AvgIpc) is 3.22. The van der Waals surface area contributed by atoms with Crippen LogP contribution >= 0.6 is 0 Å². The van der Waals surface area contributed by atoms with Crippen LogP contribution in [0.2, 0.25) is 5.54 Å². The lowest BCUT2D eigenvalue weighted by Crippen LogP contribution is -2.69. The highest BCUT2D eigenvalue weighted by molar-refractivity contribution is 7.13. The molecule has 1 unspecified atom stereocenters. The van der Waals surface area contributed by atoms with Crippen molar-refractivity contribution < 1.29 is 0 Å². The lowest BCUT2D eigenvalue weighted by Gasteiger charge is -2.37. The highest BCUT2D eigenvalue weighted by Crippen LogP contribution is 2.38. The maximum Gasteiger partial charge on any atom is 0.158 e. The summed E-state index contributed by atoms with van der Waals surface area (Å²) >= 11 is 0. The average molecular weight is 381 g/mol. The molecule has 0 aliphatic heterocycles. The Kier molecular flexibility index (Phi) is 4.95. The second kappa shape index (κ2) is 7.41. The highest BCUT2D eigenvalue weighted by Gasteiger charge is 2.45. The molecule has 4 rings (SSSR count). The van der Waals surface area contributed by atoms with Gasteiger partial charge in [0.1, 0.15) is 0 Å². The molecule has 1 aliphatic carbocycles. The molecule has 3 aromatic carbocycles. The third-order valence-electron chi connectivity index (χ3n) is 5.90. The van der Waals surface area contributed by atoms with Crippen LogP contribution in [0.15, 0.2) is 115 Å². The molecule has 0 spiro atoms. The van der Waals surface area contributed by atoms with Gasteiger partial charge < -0.3 is 0 Å². The molecular formula is C27H28Si. The van der Waals surface area contributed by atoms with Gasteiger partial charge >= 0.3 is 0 Å². The van der Waals surface area contributed by atoms with Crippen LogP contribution in [0.1, 0.15) is 20.8 Å². The fourth-order valence-electron chi connectivity index (χ4n) is 4.46. The normalized spacial score (nSPS) is 16.8. The summed E-state index contributed by atoms with van der Waals surface area (Å²) in [5.41, 5.74) is 2.00. The van der Waals surface area contributed by atoms with E-state index in [9.17, 15) is 0 Å². The zero-order valence-corrected chi connectivity index (χ0v) is 18.0. The van der Waals surface area contributed by atoms with Crippen molar-refractivity contribution in [2.24, 2.45) is 5.41 Å². The molecule has 1 aliphatic rings. The second-order valence-electron chi connectivity index (χ2n) is 8.66. The van der Waals surface area contributed by atoms with Crippen molar-refractivity contribution in [3.05, 3.63) is 115 Å². The van der Waals surface area contributed by atoms with E-state index in [1.165, 1.54) is 21.1 Å². The van der Waals surface area contributed by atoms with Crippen molar-refractivity contribution in [2.45, 2.75) is 26.3 Å². The molecular weight excluding hydrogens is 352 g/mol. The van der Waals surface area contributed by atoms with Gasteiger partial charge in [-0.2, -0.15) is 0 Å². The van der Waals surface area contributed by atoms with Crippen LogP contribution in [-0.2, 0) is 0 Å². The Labute approximate surface area is 170 Å². The molecule has 0 aromatic heterocycles. The fourth-order valence-corrected chi connectivity index (χ4v) is 9.59. The van der Waals surface area contributed by atoms with Gasteiger partial charge in [0, 0.05) is 5.54 Å². The van der Waals surface area contributed by atoms with E-state index in [4.69, 9.17) is 0 Å². The summed E-state index contributed by atoms with van der Waals surface area (Å²) in [7, 11) is -2.27. The number of benzene rings is 3. The lowest BCUT2D eigenvalue weighted by atomic mass is 9.87. The maximum atomic E-state index is 2.54. The molecule has 0 bridgehead atoms. The van der Waals surface area contributed by atoms with Gasteiger partial charge in [0.15, 0.2) is 8.07 Å². The minimum atomic E-state index is -2.27. The molecule has 0 fully saturated rings. The van der Waals surface area contributed by atoms with Crippen LogP contribution in [-0.4, -0.2) is 8.07 Å². The van der Waals surface area contributed by atoms with Gasteiger partial charge in [0.05, 0.1) is 0 Å². The Balaban J connectivity index is 2.03. The standard InChI is InChI=1S/C27H28Si/c1-27(2,3)22-19-20-26(21-22)28(23-13-7-4-8-14-23,24-15-9-5-10-16-24)25-17-11-6-12-18-25/h4-21,26H,1-3H3. The van der Waals surface area contributed by atoms with Gasteiger partial charge in [0.2, 0.25) is 0 Å². The van der Waals surface area contributed by atoms with Gasteiger partial charge in [-0.3, -0.25) is 0 Å². The maximum absolute atomic E-state index is 2.54. The van der Waals surface area contributed by atoms with Crippen LogP contribution in [0.4, 0.5) is 0 Å². The Bertz CT molecular complexity index is 880. The van der Waals surface area contributed by atoms with Crippen molar-refractivity contribution in [3.63, 3.8) is 0 Å². The first-order valence-corrected chi connectivity index (χ1v) is 12.2. The van der Waals surface area contributed by atoms with Crippen LogP contribution in [0, 0.1) is 5.41 Å². The highest BCUT2D eigenvalue weighted by atomic mass is 28.3. The largest absolute Gasteiger partial charge is 0.158 e. The Hall–Kier alpha value is -2.64. The van der Waals surface area contributed by atoms with Crippen molar-refractivity contribution in [2.75, 3.05) is 0 Å². The van der Waals surface area contributed by atoms with Crippen molar-refractivity contribution >= 4 is 23.6 Å². The molecule has 0 heterocycles. The Morgan fingerprint density at radius 1 is 0.607 bits per heavy atom. The number of allylic oxidation sites excluding steroid dienone is 4. The predicted octanol–water partition coefficient (Wildman–Crippen LogP) is 5.07. The van der Waals surface area contributed by atoms with E-state index in [-0.39, 0.29) is 5.41 Å². The summed E-state index contributed by atoms with van der Waals surface area (Å²) in [5, 5.41) is 4.40. The molecule has 1 atom stereocenters. The van der Waals surface area contributed by atoms with Gasteiger partial charge in [0.25, 0.3) is 0 Å². The van der Waals surface area contributed by atoms with Crippen LogP contribution in [0.3, 0.4) is 0 Å². The summed E-state index contributed by atoms with van der Waals surface area (Å²) in [6.45, 7) is 6.92. The Morgan fingerprint density at radius 3 is 1.32 bits per heavy atom. The van der Waals surface area contributed by atoms with Crippen LogP contribution in [0.25, 0.3) is 0 Å². The van der Waals surface area contributed by atoms with E-state index in [0.29, 0.717) is 5.54 Å². The first kappa shape index (κ1) is 18.7. The molecule has 0 N–H and O–H groups in total. The third kappa shape index (κ3) is 3.20. The van der Waals surface area contributed by atoms with E-state index in [1.54, 1.807) is 0 Å². The number of hydrogen-bond acceptors (Lipinski definition) is 0. The molecule has 0 saturated heterocycles. The zero-order valence-electron chi connectivity index (χ0n) is 17.0. The number of hydrogen-bond donors (Lipinski definition) is 0. The van der Waals surface area contributed by atoms with E-state index in [1.807, 2.05) is 0 Å². The molecule has 0 radical (unpaired) electrons. The minimum absolute atomic E-state index is 0.162. The molecule has 28 heavy (non-hydrogen) atoms. The summed E-state index contributed by atoms with van der Waals surface area (Å²) in [4.78, 5) is 0. The SMILES string of the molecule is CC(C)(C)C1=CC([Si](c2ccccc2)(c2ccccc2)c2ccccc2)C=C1. The minimum Gasteiger partial charge on any atom is -0.0790 e. The molecule has 1 heteroatoms. The summed E-state index contributed by atoms with van der Waals surface area (Å²) in [6.07, 6.45) is 7.36. The van der Waals surface area contributed by atoms with Crippen molar-refractivity contribution in [1.29, 1.82) is 0 Å². The summed E-state index contributed by atoms with van der Waals surface area (Å²) in [5.74, 6) is 0. The van der Waals surface area contributed by atoms with Gasteiger partial charge in [-0.05, 0) is 26.5 Å². The van der Waals surface area contributed by atoms with Crippen molar-refractivity contribution in [3.8, 4) is 0 Å². The molecule has 0 amide bonds. The summed E-state index contributed by atoms with van der Waals surface area (Å²) < 4.78 is 0. The Morgan fingerprint density at radius 2 is 1.00 bits per heavy atom. The van der Waals surface area contributed by atoms with Crippen molar-refractivity contribution in [1.82, 2.24) is 0 Å². The first-order chi connectivity index (χ1) is 13.5. The zero-order chi connectivity index (χ0) is 19.6. The quantitative estimate of drug-likeness (QED) is 0.438.